The molecule has 0 aliphatic carbocycles. The topological polar surface area (TPSA) is 87.4 Å². The molecule has 2 rings (SSSR count). The largest absolute Gasteiger partial charge is 0.356 e. The van der Waals surface area contributed by atoms with Crippen LogP contribution in [0.1, 0.15) is 12.8 Å². The second-order valence-corrected chi connectivity index (χ2v) is 5.47. The van der Waals surface area contributed by atoms with Gasteiger partial charge in [0, 0.05) is 46.5 Å². The van der Waals surface area contributed by atoms with Crippen LogP contribution in [0.5, 0.6) is 0 Å². The lowest BCUT2D eigenvalue weighted by molar-refractivity contribution is -0.125. The van der Waals surface area contributed by atoms with Crippen LogP contribution in [0.4, 0.5) is 11.8 Å². The molecule has 1 aromatic rings. The molecule has 1 unspecified atom stereocenters. The van der Waals surface area contributed by atoms with Gasteiger partial charge in [-0.3, -0.25) is 4.79 Å². The summed E-state index contributed by atoms with van der Waals surface area (Å²) in [5.41, 5.74) is 5.42. The van der Waals surface area contributed by atoms with E-state index in [2.05, 4.69) is 20.2 Å². The zero-order valence-electron chi connectivity index (χ0n) is 12.7. The minimum Gasteiger partial charge on any atom is -0.356 e. The van der Waals surface area contributed by atoms with E-state index in [4.69, 9.17) is 5.73 Å². The number of aromatic nitrogens is 2. The number of anilines is 2. The predicted octanol–water partition coefficient (Wildman–Crippen LogP) is -0.166. The Labute approximate surface area is 125 Å². The number of carbonyl (C=O) groups excluding carboxylic acids is 1. The number of hydrogen-bond acceptors (Lipinski definition) is 6. The number of nitrogens with two attached hydrogens (primary N) is 1. The average molecular weight is 292 g/mol. The van der Waals surface area contributed by atoms with E-state index in [0.29, 0.717) is 25.6 Å². The van der Waals surface area contributed by atoms with Crippen LogP contribution in [0, 0.1) is 5.92 Å². The maximum Gasteiger partial charge on any atom is 0.226 e. The molecule has 0 aromatic carbocycles. The third-order valence-corrected chi connectivity index (χ3v) is 3.59. The van der Waals surface area contributed by atoms with Crippen LogP contribution in [-0.2, 0) is 4.79 Å². The average Bonchev–Trinajstić information content (AvgIpc) is 2.52. The number of hydrogen-bond donors (Lipinski definition) is 2. The summed E-state index contributed by atoms with van der Waals surface area (Å²) in [4.78, 5) is 24.9. The Bertz CT molecular complexity index is 478. The molecular formula is C14H24N6O. The molecule has 1 aliphatic rings. The molecule has 0 bridgehead atoms. The fourth-order valence-electron chi connectivity index (χ4n) is 2.47. The van der Waals surface area contributed by atoms with Crippen molar-refractivity contribution in [1.29, 1.82) is 0 Å². The number of nitrogens with one attached hydrogen (secondary N) is 1. The maximum atomic E-state index is 12.1. The Morgan fingerprint density at radius 2 is 2.38 bits per heavy atom. The molecule has 21 heavy (non-hydrogen) atoms. The van der Waals surface area contributed by atoms with Crippen LogP contribution in [0.25, 0.3) is 0 Å². The molecule has 7 heteroatoms. The molecule has 1 saturated heterocycles. The SMILES string of the molecule is CN(C)c1nccc(N2CCCC(C(=O)NCCN)C2)n1. The van der Waals surface area contributed by atoms with Crippen LogP contribution >= 0.6 is 0 Å². The van der Waals surface area contributed by atoms with Crippen molar-refractivity contribution in [2.45, 2.75) is 12.8 Å². The highest BCUT2D eigenvalue weighted by molar-refractivity contribution is 5.79. The summed E-state index contributed by atoms with van der Waals surface area (Å²) in [5, 5.41) is 2.87. The van der Waals surface area contributed by atoms with Crippen molar-refractivity contribution in [3.8, 4) is 0 Å². The Hall–Kier alpha value is -1.89. The maximum absolute atomic E-state index is 12.1. The van der Waals surface area contributed by atoms with E-state index >= 15 is 0 Å². The highest BCUT2D eigenvalue weighted by Crippen LogP contribution is 2.22. The molecule has 0 saturated carbocycles. The van der Waals surface area contributed by atoms with Crippen LogP contribution in [0.2, 0.25) is 0 Å². The first-order chi connectivity index (χ1) is 10.1. The smallest absolute Gasteiger partial charge is 0.226 e. The fourth-order valence-corrected chi connectivity index (χ4v) is 2.47. The van der Waals surface area contributed by atoms with Gasteiger partial charge in [0.25, 0.3) is 0 Å². The number of rotatable bonds is 5. The Balaban J connectivity index is 2.03. The van der Waals surface area contributed by atoms with Crippen molar-refractivity contribution in [2.24, 2.45) is 11.7 Å². The molecule has 1 fully saturated rings. The second kappa shape index (κ2) is 7.21. The first-order valence-corrected chi connectivity index (χ1v) is 7.35. The normalized spacial score (nSPS) is 18.4. The van der Waals surface area contributed by atoms with Crippen LogP contribution in [0.15, 0.2) is 12.3 Å². The first-order valence-electron chi connectivity index (χ1n) is 7.35. The zero-order valence-corrected chi connectivity index (χ0v) is 12.7. The minimum absolute atomic E-state index is 0.00284. The molecule has 0 spiro atoms. The lowest BCUT2D eigenvalue weighted by Gasteiger charge is -2.33. The van der Waals surface area contributed by atoms with Crippen molar-refractivity contribution in [3.05, 3.63) is 12.3 Å². The number of piperidine rings is 1. The molecule has 1 atom stereocenters. The third-order valence-electron chi connectivity index (χ3n) is 3.59. The van der Waals surface area contributed by atoms with Gasteiger partial charge in [0.2, 0.25) is 11.9 Å². The van der Waals surface area contributed by atoms with Crippen LogP contribution < -0.4 is 20.9 Å². The Kier molecular flexibility index (Phi) is 5.32. The quantitative estimate of drug-likeness (QED) is 0.784. The lowest BCUT2D eigenvalue weighted by Crippen LogP contribution is -2.44. The van der Waals surface area contributed by atoms with Gasteiger partial charge < -0.3 is 20.9 Å². The molecule has 0 radical (unpaired) electrons. The Morgan fingerprint density at radius 1 is 1.57 bits per heavy atom. The highest BCUT2D eigenvalue weighted by atomic mass is 16.1. The van der Waals surface area contributed by atoms with Gasteiger partial charge in [0.15, 0.2) is 0 Å². The van der Waals surface area contributed by atoms with E-state index in [1.54, 1.807) is 6.20 Å². The third kappa shape index (κ3) is 4.04. The first kappa shape index (κ1) is 15.5. The van der Waals surface area contributed by atoms with E-state index in [1.807, 2.05) is 25.1 Å². The van der Waals surface area contributed by atoms with E-state index in [9.17, 15) is 4.79 Å². The fraction of sp³-hybridized carbons (Fsp3) is 0.643. The van der Waals surface area contributed by atoms with Crippen LogP contribution in [-0.4, -0.2) is 56.1 Å². The van der Waals surface area contributed by atoms with Gasteiger partial charge in [-0.05, 0) is 18.9 Å². The lowest BCUT2D eigenvalue weighted by atomic mass is 9.97. The van der Waals surface area contributed by atoms with Gasteiger partial charge in [-0.25, -0.2) is 4.98 Å². The summed E-state index contributed by atoms with van der Waals surface area (Å²) < 4.78 is 0. The highest BCUT2D eigenvalue weighted by Gasteiger charge is 2.26. The zero-order chi connectivity index (χ0) is 15.2. The van der Waals surface area contributed by atoms with E-state index < -0.39 is 0 Å². The van der Waals surface area contributed by atoms with Crippen LogP contribution in [0.3, 0.4) is 0 Å². The molecule has 1 aliphatic heterocycles. The van der Waals surface area contributed by atoms with Gasteiger partial charge >= 0.3 is 0 Å². The molecule has 3 N–H and O–H groups in total. The van der Waals surface area contributed by atoms with Gasteiger partial charge in [-0.15, -0.1) is 0 Å². The summed E-state index contributed by atoms with van der Waals surface area (Å²) in [5.74, 6) is 1.65. The molecular weight excluding hydrogens is 268 g/mol. The number of carbonyl (C=O) groups is 1. The van der Waals surface area contributed by atoms with E-state index in [0.717, 1.165) is 25.2 Å². The molecule has 116 valence electrons. The molecule has 1 amide bonds. The summed E-state index contributed by atoms with van der Waals surface area (Å²) >= 11 is 0. The van der Waals surface area contributed by atoms with Crippen molar-refractivity contribution in [2.75, 3.05) is 50.1 Å². The molecule has 1 aromatic heterocycles. The van der Waals surface area contributed by atoms with Crippen molar-refractivity contribution in [1.82, 2.24) is 15.3 Å². The van der Waals surface area contributed by atoms with Crippen molar-refractivity contribution >= 4 is 17.7 Å². The van der Waals surface area contributed by atoms with E-state index in [-0.39, 0.29) is 11.8 Å². The van der Waals surface area contributed by atoms with Crippen molar-refractivity contribution < 1.29 is 4.79 Å². The van der Waals surface area contributed by atoms with Crippen molar-refractivity contribution in [3.63, 3.8) is 0 Å². The monoisotopic (exact) mass is 292 g/mol. The second-order valence-electron chi connectivity index (χ2n) is 5.47. The van der Waals surface area contributed by atoms with E-state index in [1.165, 1.54) is 0 Å². The summed E-state index contributed by atoms with van der Waals surface area (Å²) in [6, 6.07) is 1.90. The summed E-state index contributed by atoms with van der Waals surface area (Å²) in [7, 11) is 3.83. The minimum atomic E-state index is 0.00284. The van der Waals surface area contributed by atoms with Gasteiger partial charge in [0.05, 0.1) is 5.92 Å². The summed E-state index contributed by atoms with van der Waals surface area (Å²) in [6.45, 7) is 2.62. The molecule has 2 heterocycles. The summed E-state index contributed by atoms with van der Waals surface area (Å²) in [6.07, 6.45) is 3.66. The van der Waals surface area contributed by atoms with Gasteiger partial charge in [-0.1, -0.05) is 0 Å². The predicted molar refractivity (Wildman–Crippen MR) is 83.4 cm³/mol. The molecule has 7 nitrogen and oxygen atoms in total. The number of amides is 1. The standard InChI is InChI=1S/C14H24N6O/c1-19(2)14-17-7-5-12(18-14)20-9-3-4-11(10-20)13(21)16-8-6-15/h5,7,11H,3-4,6,8-10,15H2,1-2H3,(H,16,21). The number of nitrogens with zero attached hydrogens (tertiary/aromatic N) is 4. The Morgan fingerprint density at radius 3 is 3.10 bits per heavy atom. The van der Waals surface area contributed by atoms with Gasteiger partial charge in [-0.2, -0.15) is 4.98 Å². The van der Waals surface area contributed by atoms with Gasteiger partial charge in [0.1, 0.15) is 5.82 Å².